The average Bonchev–Trinajstić information content (AvgIpc) is 2.45. The highest BCUT2D eigenvalue weighted by Crippen LogP contribution is 2.34. The molecule has 1 heterocycles. The molecule has 0 aromatic carbocycles. The van der Waals surface area contributed by atoms with Crippen LogP contribution in [0, 0.1) is 10.1 Å². The van der Waals surface area contributed by atoms with Gasteiger partial charge < -0.3 is 4.74 Å². The summed E-state index contributed by atoms with van der Waals surface area (Å²) in [5.41, 5.74) is 0.749. The highest BCUT2D eigenvalue weighted by Gasteiger charge is 2.30. The lowest BCUT2D eigenvalue weighted by molar-refractivity contribution is -0.385. The van der Waals surface area contributed by atoms with Gasteiger partial charge in [0.25, 0.3) is 5.69 Å². The molecule has 114 valence electrons. The van der Waals surface area contributed by atoms with E-state index in [0.29, 0.717) is 6.42 Å². The molecule has 0 N–H and O–H groups in total. The first-order chi connectivity index (χ1) is 9.87. The van der Waals surface area contributed by atoms with Crippen LogP contribution < -0.4 is 4.74 Å². The molecular formula is C13H13F3N2O3. The molecule has 0 saturated heterocycles. The summed E-state index contributed by atoms with van der Waals surface area (Å²) in [5, 5.41) is 10.8. The van der Waals surface area contributed by atoms with Crippen LogP contribution in [0.25, 0.3) is 5.57 Å². The number of rotatable bonds is 4. The van der Waals surface area contributed by atoms with Crippen LogP contribution in [0.4, 0.5) is 18.9 Å². The van der Waals surface area contributed by atoms with Crippen LogP contribution in [0.2, 0.25) is 0 Å². The zero-order valence-electron chi connectivity index (χ0n) is 11.0. The molecule has 0 saturated carbocycles. The van der Waals surface area contributed by atoms with Crippen LogP contribution in [-0.2, 0) is 0 Å². The highest BCUT2D eigenvalue weighted by molar-refractivity contribution is 5.71. The number of nitro groups is 1. The summed E-state index contributed by atoms with van der Waals surface area (Å²) in [6.45, 7) is -1.47. The summed E-state index contributed by atoms with van der Waals surface area (Å²) in [5.74, 6) is -0.217. The molecule has 0 spiro atoms. The highest BCUT2D eigenvalue weighted by atomic mass is 19.4. The summed E-state index contributed by atoms with van der Waals surface area (Å²) < 4.78 is 41.4. The SMILES string of the molecule is O=[N+]([O-])c1cnc(OCC(F)(F)F)c(C2=CCCCC2)c1. The van der Waals surface area contributed by atoms with E-state index in [4.69, 9.17) is 0 Å². The number of hydrogen-bond acceptors (Lipinski definition) is 4. The maximum absolute atomic E-state index is 12.2. The van der Waals surface area contributed by atoms with Crippen molar-refractivity contribution in [1.29, 1.82) is 0 Å². The van der Waals surface area contributed by atoms with Gasteiger partial charge in [0, 0.05) is 11.6 Å². The average molecular weight is 302 g/mol. The smallest absolute Gasteiger partial charge is 0.422 e. The Morgan fingerprint density at radius 1 is 1.38 bits per heavy atom. The number of halogens is 3. The second-order valence-electron chi connectivity index (χ2n) is 4.68. The molecule has 0 unspecified atom stereocenters. The number of alkyl halides is 3. The van der Waals surface area contributed by atoms with Crippen molar-refractivity contribution >= 4 is 11.3 Å². The molecule has 1 aromatic heterocycles. The number of nitrogens with zero attached hydrogens (tertiary/aromatic N) is 2. The van der Waals surface area contributed by atoms with E-state index < -0.39 is 17.7 Å². The Morgan fingerprint density at radius 3 is 2.71 bits per heavy atom. The lowest BCUT2D eigenvalue weighted by Crippen LogP contribution is -2.20. The number of pyridine rings is 1. The number of aromatic nitrogens is 1. The van der Waals surface area contributed by atoms with Gasteiger partial charge in [-0.1, -0.05) is 6.08 Å². The molecule has 1 aromatic rings. The maximum atomic E-state index is 12.2. The first kappa shape index (κ1) is 15.3. The Hall–Kier alpha value is -2.12. The third-order valence-electron chi connectivity index (χ3n) is 3.06. The van der Waals surface area contributed by atoms with Crippen molar-refractivity contribution < 1.29 is 22.8 Å². The van der Waals surface area contributed by atoms with Gasteiger partial charge in [0.2, 0.25) is 5.88 Å². The van der Waals surface area contributed by atoms with Crippen molar-refractivity contribution in [3.8, 4) is 5.88 Å². The molecule has 1 aliphatic rings. The van der Waals surface area contributed by atoms with Crippen molar-refractivity contribution in [2.75, 3.05) is 6.61 Å². The predicted octanol–water partition coefficient (Wildman–Crippen LogP) is 3.89. The zero-order chi connectivity index (χ0) is 15.5. The van der Waals surface area contributed by atoms with Gasteiger partial charge in [0.15, 0.2) is 6.61 Å². The molecule has 5 nitrogen and oxygen atoms in total. The molecule has 0 bridgehead atoms. The third-order valence-corrected chi connectivity index (χ3v) is 3.06. The Labute approximate surface area is 118 Å². The minimum Gasteiger partial charge on any atom is -0.468 e. The van der Waals surface area contributed by atoms with Crippen LogP contribution >= 0.6 is 0 Å². The standard InChI is InChI=1S/C13H13F3N2O3/c14-13(15,16)8-21-12-11(9-4-2-1-3-5-9)6-10(7-17-12)18(19)20/h4,6-7H,1-3,5,8H2. The van der Waals surface area contributed by atoms with Gasteiger partial charge >= 0.3 is 6.18 Å². The van der Waals surface area contributed by atoms with Gasteiger partial charge in [-0.15, -0.1) is 0 Å². The quantitative estimate of drug-likeness (QED) is 0.625. The fourth-order valence-corrected chi connectivity index (χ4v) is 2.12. The molecule has 2 rings (SSSR count). The Bertz CT molecular complexity index is 570. The van der Waals surface area contributed by atoms with Gasteiger partial charge in [0.05, 0.1) is 4.92 Å². The van der Waals surface area contributed by atoms with Gasteiger partial charge in [-0.2, -0.15) is 13.2 Å². The molecule has 0 fully saturated rings. The minimum absolute atomic E-state index is 0.217. The second-order valence-corrected chi connectivity index (χ2v) is 4.68. The predicted molar refractivity (Wildman–Crippen MR) is 68.9 cm³/mol. The molecular weight excluding hydrogens is 289 g/mol. The van der Waals surface area contributed by atoms with Crippen LogP contribution in [0.1, 0.15) is 31.2 Å². The van der Waals surface area contributed by atoms with Crippen molar-refractivity contribution in [1.82, 2.24) is 4.98 Å². The molecule has 0 amide bonds. The molecule has 0 radical (unpaired) electrons. The monoisotopic (exact) mass is 302 g/mol. The summed E-state index contributed by atoms with van der Waals surface area (Å²) >= 11 is 0. The topological polar surface area (TPSA) is 65.3 Å². The van der Waals surface area contributed by atoms with E-state index >= 15 is 0 Å². The van der Waals surface area contributed by atoms with E-state index in [1.807, 2.05) is 6.08 Å². The van der Waals surface area contributed by atoms with E-state index in [1.54, 1.807) is 0 Å². The van der Waals surface area contributed by atoms with Gasteiger partial charge in [-0.25, -0.2) is 4.98 Å². The largest absolute Gasteiger partial charge is 0.468 e. The number of ether oxygens (including phenoxy) is 1. The van der Waals surface area contributed by atoms with Crippen molar-refractivity contribution in [2.45, 2.75) is 31.9 Å². The van der Waals surface area contributed by atoms with E-state index in [9.17, 15) is 23.3 Å². The van der Waals surface area contributed by atoms with Crippen LogP contribution in [0.15, 0.2) is 18.3 Å². The van der Waals surface area contributed by atoms with Crippen molar-refractivity contribution in [3.05, 3.63) is 34.0 Å². The maximum Gasteiger partial charge on any atom is 0.422 e. The molecule has 0 atom stereocenters. The number of hydrogen-bond donors (Lipinski definition) is 0. The van der Waals surface area contributed by atoms with Crippen LogP contribution in [0.3, 0.4) is 0 Å². The van der Waals surface area contributed by atoms with E-state index in [1.165, 1.54) is 6.07 Å². The van der Waals surface area contributed by atoms with Gasteiger partial charge in [-0.3, -0.25) is 10.1 Å². The first-order valence-electron chi connectivity index (χ1n) is 6.40. The normalized spacial score (nSPS) is 15.5. The van der Waals surface area contributed by atoms with Crippen molar-refractivity contribution in [2.24, 2.45) is 0 Å². The first-order valence-corrected chi connectivity index (χ1v) is 6.40. The Morgan fingerprint density at radius 2 is 2.14 bits per heavy atom. The number of allylic oxidation sites excluding steroid dienone is 2. The minimum atomic E-state index is -4.48. The fraction of sp³-hybridized carbons (Fsp3) is 0.462. The van der Waals surface area contributed by atoms with E-state index in [2.05, 4.69) is 9.72 Å². The molecule has 21 heavy (non-hydrogen) atoms. The zero-order valence-corrected chi connectivity index (χ0v) is 11.0. The molecule has 1 aliphatic carbocycles. The van der Waals surface area contributed by atoms with E-state index in [0.717, 1.165) is 31.0 Å². The van der Waals surface area contributed by atoms with Gasteiger partial charge in [-0.05, 0) is 31.3 Å². The lowest BCUT2D eigenvalue weighted by Gasteiger charge is -2.16. The molecule has 0 aliphatic heterocycles. The summed E-state index contributed by atoms with van der Waals surface area (Å²) in [7, 11) is 0. The lowest BCUT2D eigenvalue weighted by atomic mass is 9.94. The third kappa shape index (κ3) is 4.17. The van der Waals surface area contributed by atoms with Crippen LogP contribution in [0.5, 0.6) is 5.88 Å². The van der Waals surface area contributed by atoms with Crippen molar-refractivity contribution in [3.63, 3.8) is 0 Å². The summed E-state index contributed by atoms with van der Waals surface area (Å²) in [6.07, 6.45) is 1.59. The summed E-state index contributed by atoms with van der Waals surface area (Å²) in [6, 6.07) is 1.22. The van der Waals surface area contributed by atoms with Crippen LogP contribution in [-0.4, -0.2) is 22.7 Å². The molecule has 8 heteroatoms. The fourth-order valence-electron chi connectivity index (χ4n) is 2.12. The van der Waals surface area contributed by atoms with E-state index in [-0.39, 0.29) is 17.1 Å². The summed E-state index contributed by atoms with van der Waals surface area (Å²) in [4.78, 5) is 13.8. The second kappa shape index (κ2) is 6.11. The van der Waals surface area contributed by atoms with Gasteiger partial charge in [0.1, 0.15) is 6.20 Å². The Balaban J connectivity index is 2.34. The Kier molecular flexibility index (Phi) is 4.44.